The number of nitrogens with one attached hydrogen (secondary N) is 1. The Hall–Kier alpha value is -2.66. The highest BCUT2D eigenvalue weighted by molar-refractivity contribution is 5.97. The average Bonchev–Trinajstić information content (AvgIpc) is 2.72. The summed E-state index contributed by atoms with van der Waals surface area (Å²) in [6, 6.07) is 15.5. The van der Waals surface area contributed by atoms with Crippen LogP contribution in [0.5, 0.6) is 0 Å². The topological polar surface area (TPSA) is 58.6 Å². The molecule has 0 spiro atoms. The van der Waals surface area contributed by atoms with Crippen LogP contribution in [0.4, 0.5) is 5.69 Å². The van der Waals surface area contributed by atoms with Gasteiger partial charge in [0.05, 0.1) is 12.7 Å². The zero-order valence-corrected chi connectivity index (χ0v) is 16.6. The van der Waals surface area contributed by atoms with Crippen LogP contribution in [-0.4, -0.2) is 42.5 Å². The molecule has 0 aliphatic carbocycles. The summed E-state index contributed by atoms with van der Waals surface area (Å²) in [5, 5.41) is 2.91. The van der Waals surface area contributed by atoms with Crippen LogP contribution in [-0.2, 0) is 22.4 Å². The molecule has 1 fully saturated rings. The molecule has 148 valence electrons. The van der Waals surface area contributed by atoms with Crippen LogP contribution in [0.3, 0.4) is 0 Å². The molecule has 0 radical (unpaired) electrons. The molecule has 5 heteroatoms. The Morgan fingerprint density at radius 3 is 2.61 bits per heavy atom. The summed E-state index contributed by atoms with van der Waals surface area (Å²) in [5.74, 6) is -0.0774. The lowest BCUT2D eigenvalue weighted by Crippen LogP contribution is -2.44. The number of amides is 2. The fourth-order valence-corrected chi connectivity index (χ4v) is 3.34. The molecule has 1 aliphatic rings. The van der Waals surface area contributed by atoms with Crippen molar-refractivity contribution in [2.75, 3.05) is 25.0 Å². The number of rotatable bonds is 6. The molecule has 0 bridgehead atoms. The van der Waals surface area contributed by atoms with E-state index in [1.807, 2.05) is 13.0 Å². The first kappa shape index (κ1) is 20.1. The van der Waals surface area contributed by atoms with E-state index in [1.54, 1.807) is 23.1 Å². The van der Waals surface area contributed by atoms with Crippen molar-refractivity contribution < 1.29 is 14.3 Å². The number of hydrogen-bond donors (Lipinski definition) is 1. The minimum atomic E-state index is -0.0517. The van der Waals surface area contributed by atoms with Gasteiger partial charge in [-0.25, -0.2) is 0 Å². The Kier molecular flexibility index (Phi) is 6.82. The van der Waals surface area contributed by atoms with Gasteiger partial charge in [-0.05, 0) is 49.1 Å². The largest absolute Gasteiger partial charge is 0.375 e. The second-order valence-corrected chi connectivity index (χ2v) is 7.23. The van der Waals surface area contributed by atoms with Gasteiger partial charge in [0.25, 0.3) is 5.91 Å². The molecule has 5 nitrogen and oxygen atoms in total. The Bertz CT molecular complexity index is 817. The number of ether oxygens (including phenoxy) is 1. The van der Waals surface area contributed by atoms with Gasteiger partial charge in [0.2, 0.25) is 5.91 Å². The van der Waals surface area contributed by atoms with Crippen LogP contribution < -0.4 is 5.32 Å². The van der Waals surface area contributed by atoms with E-state index in [0.717, 1.165) is 12.0 Å². The average molecular weight is 380 g/mol. The van der Waals surface area contributed by atoms with E-state index in [0.29, 0.717) is 43.8 Å². The summed E-state index contributed by atoms with van der Waals surface area (Å²) in [6.45, 7) is 5.83. The maximum Gasteiger partial charge on any atom is 0.254 e. The van der Waals surface area contributed by atoms with Gasteiger partial charge in [0.1, 0.15) is 0 Å². The van der Waals surface area contributed by atoms with E-state index in [2.05, 4.69) is 36.5 Å². The fraction of sp³-hybridized carbons (Fsp3) is 0.391. The first-order chi connectivity index (χ1) is 13.5. The third-order valence-corrected chi connectivity index (χ3v) is 4.99. The predicted octanol–water partition coefficient (Wildman–Crippen LogP) is 3.68. The molecule has 1 aliphatic heterocycles. The van der Waals surface area contributed by atoms with Gasteiger partial charge in [-0.3, -0.25) is 9.59 Å². The van der Waals surface area contributed by atoms with Crippen molar-refractivity contribution in [1.82, 2.24) is 4.90 Å². The van der Waals surface area contributed by atoms with E-state index in [4.69, 9.17) is 4.74 Å². The molecule has 1 N–H and O–H groups in total. The van der Waals surface area contributed by atoms with Crippen molar-refractivity contribution >= 4 is 17.5 Å². The standard InChI is InChI=1S/C23H28N2O3/c1-3-18-7-9-19(10-8-18)11-12-22(26)24-21-6-4-5-20(15-21)23(27)25-13-14-28-17(2)16-25/h4-10,15,17H,3,11-14,16H2,1-2H3,(H,24,26). The normalized spacial score (nSPS) is 16.6. The molecule has 0 saturated carbocycles. The van der Waals surface area contributed by atoms with Crippen LogP contribution in [0.25, 0.3) is 0 Å². The Morgan fingerprint density at radius 1 is 1.14 bits per heavy atom. The number of anilines is 1. The van der Waals surface area contributed by atoms with Crippen LogP contribution in [0.2, 0.25) is 0 Å². The van der Waals surface area contributed by atoms with E-state index in [1.165, 1.54) is 5.56 Å². The van der Waals surface area contributed by atoms with Crippen molar-refractivity contribution in [2.24, 2.45) is 0 Å². The summed E-state index contributed by atoms with van der Waals surface area (Å²) in [4.78, 5) is 26.8. The molecule has 0 aromatic heterocycles. The number of carbonyl (C=O) groups excluding carboxylic acids is 2. The van der Waals surface area contributed by atoms with E-state index in [9.17, 15) is 9.59 Å². The Labute approximate surface area is 166 Å². The summed E-state index contributed by atoms with van der Waals surface area (Å²) < 4.78 is 5.50. The summed E-state index contributed by atoms with van der Waals surface area (Å²) in [7, 11) is 0. The van der Waals surface area contributed by atoms with Gasteiger partial charge < -0.3 is 15.0 Å². The number of carbonyl (C=O) groups is 2. The highest BCUT2D eigenvalue weighted by Crippen LogP contribution is 2.16. The minimum Gasteiger partial charge on any atom is -0.375 e. The summed E-state index contributed by atoms with van der Waals surface area (Å²) >= 11 is 0. The van der Waals surface area contributed by atoms with Crippen molar-refractivity contribution in [3.8, 4) is 0 Å². The molecular formula is C23H28N2O3. The lowest BCUT2D eigenvalue weighted by Gasteiger charge is -2.31. The molecule has 2 aromatic rings. The molecule has 1 atom stereocenters. The lowest BCUT2D eigenvalue weighted by molar-refractivity contribution is -0.116. The van der Waals surface area contributed by atoms with Crippen LogP contribution >= 0.6 is 0 Å². The maximum absolute atomic E-state index is 12.7. The van der Waals surface area contributed by atoms with Crippen LogP contribution in [0, 0.1) is 0 Å². The van der Waals surface area contributed by atoms with Crippen molar-refractivity contribution in [3.05, 3.63) is 65.2 Å². The van der Waals surface area contributed by atoms with Gasteiger partial charge in [0.15, 0.2) is 0 Å². The third-order valence-electron chi connectivity index (χ3n) is 4.99. The van der Waals surface area contributed by atoms with Gasteiger partial charge in [-0.1, -0.05) is 37.3 Å². The number of hydrogen-bond acceptors (Lipinski definition) is 3. The predicted molar refractivity (Wildman–Crippen MR) is 111 cm³/mol. The number of morpholine rings is 1. The van der Waals surface area contributed by atoms with Crippen LogP contribution in [0.1, 0.15) is 41.8 Å². The van der Waals surface area contributed by atoms with Gasteiger partial charge >= 0.3 is 0 Å². The number of aryl methyl sites for hydroxylation is 2. The molecule has 1 unspecified atom stereocenters. The minimum absolute atomic E-state index is 0.0257. The number of benzene rings is 2. The highest BCUT2D eigenvalue weighted by Gasteiger charge is 2.22. The summed E-state index contributed by atoms with van der Waals surface area (Å²) in [6.07, 6.45) is 2.16. The first-order valence-corrected chi connectivity index (χ1v) is 9.93. The Morgan fingerprint density at radius 2 is 1.89 bits per heavy atom. The Balaban J connectivity index is 1.55. The van der Waals surface area contributed by atoms with E-state index in [-0.39, 0.29) is 17.9 Å². The number of nitrogens with zero attached hydrogens (tertiary/aromatic N) is 1. The molecule has 1 heterocycles. The summed E-state index contributed by atoms with van der Waals surface area (Å²) in [5.41, 5.74) is 3.68. The van der Waals surface area contributed by atoms with Gasteiger partial charge in [0, 0.05) is 30.8 Å². The lowest BCUT2D eigenvalue weighted by atomic mass is 10.1. The highest BCUT2D eigenvalue weighted by atomic mass is 16.5. The monoisotopic (exact) mass is 380 g/mol. The molecule has 2 aromatic carbocycles. The second kappa shape index (κ2) is 9.51. The molecule has 1 saturated heterocycles. The second-order valence-electron chi connectivity index (χ2n) is 7.23. The maximum atomic E-state index is 12.7. The zero-order chi connectivity index (χ0) is 19.9. The van der Waals surface area contributed by atoms with Crippen molar-refractivity contribution in [3.63, 3.8) is 0 Å². The molecular weight excluding hydrogens is 352 g/mol. The fourth-order valence-electron chi connectivity index (χ4n) is 3.34. The smallest absolute Gasteiger partial charge is 0.254 e. The SMILES string of the molecule is CCc1ccc(CCC(=O)Nc2cccc(C(=O)N3CCOC(C)C3)c2)cc1. The van der Waals surface area contributed by atoms with Crippen LogP contribution in [0.15, 0.2) is 48.5 Å². The third kappa shape index (κ3) is 5.42. The van der Waals surface area contributed by atoms with Gasteiger partial charge in [-0.2, -0.15) is 0 Å². The molecule has 28 heavy (non-hydrogen) atoms. The van der Waals surface area contributed by atoms with Gasteiger partial charge in [-0.15, -0.1) is 0 Å². The quantitative estimate of drug-likeness (QED) is 0.832. The first-order valence-electron chi connectivity index (χ1n) is 9.93. The van der Waals surface area contributed by atoms with Crippen molar-refractivity contribution in [1.29, 1.82) is 0 Å². The van der Waals surface area contributed by atoms with E-state index >= 15 is 0 Å². The van der Waals surface area contributed by atoms with Crippen molar-refractivity contribution in [2.45, 2.75) is 39.2 Å². The molecule has 2 amide bonds. The zero-order valence-electron chi connectivity index (χ0n) is 16.6. The van der Waals surface area contributed by atoms with E-state index < -0.39 is 0 Å². The molecule has 3 rings (SSSR count).